The van der Waals surface area contributed by atoms with Crippen LogP contribution in [0.15, 0.2) is 42.5 Å². The molecular weight excluding hydrogens is 318 g/mol. The van der Waals surface area contributed by atoms with E-state index in [2.05, 4.69) is 15.0 Å². The van der Waals surface area contributed by atoms with E-state index in [-0.39, 0.29) is 5.75 Å². The van der Waals surface area contributed by atoms with Crippen LogP contribution in [0.3, 0.4) is 0 Å². The average molecular weight is 327 g/mol. The number of nitrogens with one attached hydrogen (secondary N) is 1. The lowest BCUT2D eigenvalue weighted by Gasteiger charge is -2.10. The fourth-order valence-electron chi connectivity index (χ4n) is 1.85. The van der Waals surface area contributed by atoms with E-state index < -0.39 is 6.61 Å². The highest BCUT2D eigenvalue weighted by Crippen LogP contribution is 2.35. The van der Waals surface area contributed by atoms with Crippen molar-refractivity contribution in [2.75, 3.05) is 5.32 Å². The molecule has 0 bridgehead atoms. The van der Waals surface area contributed by atoms with Gasteiger partial charge in [-0.05, 0) is 24.3 Å². The standard InChI is InChI=1S/C14H9ClF2N2OS/c15-8-4-3-6-10-12(8)21-14(19-10)18-9-5-1-2-7-11(9)20-13(16)17/h1-7,13H,(H,18,19). The number of aromatic nitrogens is 1. The van der Waals surface area contributed by atoms with Crippen LogP contribution in [0.5, 0.6) is 5.75 Å². The molecule has 0 amide bonds. The first-order valence-corrected chi connectivity index (χ1v) is 7.19. The van der Waals surface area contributed by atoms with E-state index in [0.29, 0.717) is 15.8 Å². The van der Waals surface area contributed by atoms with Crippen molar-refractivity contribution < 1.29 is 13.5 Å². The minimum Gasteiger partial charge on any atom is -0.433 e. The van der Waals surface area contributed by atoms with Crippen LogP contribution in [0, 0.1) is 0 Å². The number of anilines is 2. The second-order valence-electron chi connectivity index (χ2n) is 4.11. The number of para-hydroxylation sites is 2. The molecule has 0 aliphatic rings. The minimum atomic E-state index is -2.88. The molecule has 0 aliphatic heterocycles. The number of halogens is 3. The second kappa shape index (κ2) is 5.83. The third kappa shape index (κ3) is 3.06. The fourth-order valence-corrected chi connectivity index (χ4v) is 3.02. The molecule has 0 saturated carbocycles. The maximum atomic E-state index is 12.4. The molecule has 0 unspecified atom stereocenters. The van der Waals surface area contributed by atoms with Gasteiger partial charge in [-0.1, -0.05) is 41.1 Å². The highest BCUT2D eigenvalue weighted by Gasteiger charge is 2.12. The molecule has 0 fully saturated rings. The van der Waals surface area contributed by atoms with Crippen molar-refractivity contribution in [2.45, 2.75) is 6.61 Å². The van der Waals surface area contributed by atoms with Crippen molar-refractivity contribution in [1.29, 1.82) is 0 Å². The first-order valence-electron chi connectivity index (χ1n) is 5.99. The lowest BCUT2D eigenvalue weighted by atomic mass is 10.3. The molecule has 0 saturated heterocycles. The number of benzene rings is 2. The van der Waals surface area contributed by atoms with E-state index in [1.54, 1.807) is 24.3 Å². The van der Waals surface area contributed by atoms with Crippen molar-refractivity contribution in [3.05, 3.63) is 47.5 Å². The predicted molar refractivity (Wildman–Crippen MR) is 81.0 cm³/mol. The quantitative estimate of drug-likeness (QED) is 0.707. The molecule has 0 atom stereocenters. The Hall–Kier alpha value is -1.92. The molecule has 3 nitrogen and oxygen atoms in total. The molecule has 0 aliphatic carbocycles. The van der Waals surface area contributed by atoms with E-state index in [0.717, 1.165) is 10.2 Å². The van der Waals surface area contributed by atoms with Crippen LogP contribution in [-0.4, -0.2) is 11.6 Å². The van der Waals surface area contributed by atoms with Crippen LogP contribution in [0.25, 0.3) is 10.2 Å². The van der Waals surface area contributed by atoms with Crippen LogP contribution in [0.2, 0.25) is 5.02 Å². The van der Waals surface area contributed by atoms with Gasteiger partial charge in [-0.15, -0.1) is 0 Å². The molecule has 0 spiro atoms. The highest BCUT2D eigenvalue weighted by atomic mass is 35.5. The molecule has 21 heavy (non-hydrogen) atoms. The van der Waals surface area contributed by atoms with E-state index in [1.807, 2.05) is 12.1 Å². The van der Waals surface area contributed by atoms with Crippen LogP contribution in [-0.2, 0) is 0 Å². The topological polar surface area (TPSA) is 34.1 Å². The maximum absolute atomic E-state index is 12.4. The van der Waals surface area contributed by atoms with Gasteiger partial charge in [0.05, 0.1) is 20.9 Å². The summed E-state index contributed by atoms with van der Waals surface area (Å²) >= 11 is 7.44. The number of hydrogen-bond donors (Lipinski definition) is 1. The van der Waals surface area contributed by atoms with E-state index >= 15 is 0 Å². The fraction of sp³-hybridized carbons (Fsp3) is 0.0714. The summed E-state index contributed by atoms with van der Waals surface area (Å²) in [5.74, 6) is 0.0675. The van der Waals surface area contributed by atoms with Gasteiger partial charge in [0.1, 0.15) is 5.75 Å². The van der Waals surface area contributed by atoms with Crippen molar-refractivity contribution in [3.63, 3.8) is 0 Å². The summed E-state index contributed by atoms with van der Waals surface area (Å²) in [5, 5.41) is 4.15. The summed E-state index contributed by atoms with van der Waals surface area (Å²) in [4.78, 5) is 4.37. The largest absolute Gasteiger partial charge is 0.433 e. The van der Waals surface area contributed by atoms with E-state index in [9.17, 15) is 8.78 Å². The molecule has 3 aromatic rings. The molecule has 2 aromatic carbocycles. The Morgan fingerprint density at radius 1 is 1.14 bits per heavy atom. The van der Waals surface area contributed by atoms with Crippen molar-refractivity contribution in [3.8, 4) is 5.75 Å². The Morgan fingerprint density at radius 2 is 1.95 bits per heavy atom. The van der Waals surface area contributed by atoms with Gasteiger partial charge < -0.3 is 10.1 Å². The van der Waals surface area contributed by atoms with Crippen LogP contribution in [0.4, 0.5) is 19.6 Å². The third-order valence-electron chi connectivity index (χ3n) is 2.71. The molecule has 0 radical (unpaired) electrons. The predicted octanol–water partition coefficient (Wildman–Crippen LogP) is 5.29. The number of alkyl halides is 2. The van der Waals surface area contributed by atoms with Gasteiger partial charge in [-0.25, -0.2) is 4.98 Å². The zero-order chi connectivity index (χ0) is 14.8. The Balaban J connectivity index is 1.93. The maximum Gasteiger partial charge on any atom is 0.387 e. The average Bonchev–Trinajstić information content (AvgIpc) is 2.84. The zero-order valence-corrected chi connectivity index (χ0v) is 12.1. The highest BCUT2D eigenvalue weighted by molar-refractivity contribution is 7.22. The van der Waals surface area contributed by atoms with Crippen LogP contribution in [0.1, 0.15) is 0 Å². The Labute approximate surface area is 128 Å². The summed E-state index contributed by atoms with van der Waals surface area (Å²) < 4.78 is 30.1. The lowest BCUT2D eigenvalue weighted by Crippen LogP contribution is -2.04. The van der Waals surface area contributed by atoms with E-state index in [4.69, 9.17) is 11.6 Å². The monoisotopic (exact) mass is 326 g/mol. The molecular formula is C14H9ClF2N2OS. The van der Waals surface area contributed by atoms with Gasteiger partial charge in [0.15, 0.2) is 5.13 Å². The summed E-state index contributed by atoms with van der Waals surface area (Å²) in [5.41, 5.74) is 1.18. The van der Waals surface area contributed by atoms with Crippen molar-refractivity contribution in [1.82, 2.24) is 4.98 Å². The Kier molecular flexibility index (Phi) is 3.90. The molecule has 1 heterocycles. The number of nitrogens with zero attached hydrogens (tertiary/aromatic N) is 1. The minimum absolute atomic E-state index is 0.0675. The number of ether oxygens (including phenoxy) is 1. The number of hydrogen-bond acceptors (Lipinski definition) is 4. The van der Waals surface area contributed by atoms with Gasteiger partial charge in [-0.3, -0.25) is 0 Å². The summed E-state index contributed by atoms with van der Waals surface area (Å²) in [6.45, 7) is -2.88. The smallest absolute Gasteiger partial charge is 0.387 e. The lowest BCUT2D eigenvalue weighted by molar-refractivity contribution is -0.0493. The summed E-state index contributed by atoms with van der Waals surface area (Å²) in [6, 6.07) is 11.9. The Bertz CT molecular complexity index is 779. The first-order chi connectivity index (χ1) is 10.1. The van der Waals surface area contributed by atoms with E-state index in [1.165, 1.54) is 17.4 Å². The Morgan fingerprint density at radius 3 is 2.71 bits per heavy atom. The van der Waals surface area contributed by atoms with Gasteiger partial charge in [-0.2, -0.15) is 8.78 Å². The zero-order valence-electron chi connectivity index (χ0n) is 10.5. The van der Waals surface area contributed by atoms with Gasteiger partial charge in [0.25, 0.3) is 0 Å². The van der Waals surface area contributed by atoms with Crippen LogP contribution < -0.4 is 10.1 Å². The molecule has 1 N–H and O–H groups in total. The second-order valence-corrected chi connectivity index (χ2v) is 5.51. The SMILES string of the molecule is FC(F)Oc1ccccc1Nc1nc2cccc(Cl)c2s1. The molecule has 1 aromatic heterocycles. The number of thiazole rings is 1. The molecule has 7 heteroatoms. The number of fused-ring (bicyclic) bond motifs is 1. The van der Waals surface area contributed by atoms with Gasteiger partial charge in [0.2, 0.25) is 0 Å². The first kappa shape index (κ1) is 14.0. The van der Waals surface area contributed by atoms with Gasteiger partial charge in [0, 0.05) is 0 Å². The number of rotatable bonds is 4. The normalized spacial score (nSPS) is 11.0. The molecule has 108 valence electrons. The molecule has 3 rings (SSSR count). The van der Waals surface area contributed by atoms with Gasteiger partial charge >= 0.3 is 6.61 Å². The summed E-state index contributed by atoms with van der Waals surface area (Å²) in [7, 11) is 0. The van der Waals surface area contributed by atoms with Crippen LogP contribution >= 0.6 is 22.9 Å². The van der Waals surface area contributed by atoms with Crippen molar-refractivity contribution >= 4 is 44.0 Å². The third-order valence-corrected chi connectivity index (χ3v) is 4.16. The summed E-state index contributed by atoms with van der Waals surface area (Å²) in [6.07, 6.45) is 0. The van der Waals surface area contributed by atoms with Crippen molar-refractivity contribution in [2.24, 2.45) is 0 Å².